The highest BCUT2D eigenvalue weighted by atomic mass is 79.9. The van der Waals surface area contributed by atoms with Crippen LogP contribution in [0.25, 0.3) is 0 Å². The predicted octanol–water partition coefficient (Wildman–Crippen LogP) is 2.14. The van der Waals surface area contributed by atoms with Crippen LogP contribution in [0.5, 0.6) is 0 Å². The molecule has 2 aliphatic rings. The lowest BCUT2D eigenvalue weighted by Gasteiger charge is -2.16. The van der Waals surface area contributed by atoms with E-state index >= 15 is 0 Å². The minimum atomic E-state index is 0.528. The number of nitrogens with one attached hydrogen (secondary N) is 1. The lowest BCUT2D eigenvalue weighted by atomic mass is 10.2. The van der Waals surface area contributed by atoms with Crippen LogP contribution >= 0.6 is 15.9 Å². The van der Waals surface area contributed by atoms with Gasteiger partial charge in [0.2, 0.25) is 0 Å². The SMILES string of the molecule is Brc1cncnc1N[C@@H]1CCN(CC2CC2)C1. The van der Waals surface area contributed by atoms with Crippen LogP contribution in [0.3, 0.4) is 0 Å². The molecule has 2 heterocycles. The van der Waals surface area contributed by atoms with Gasteiger partial charge >= 0.3 is 0 Å². The predicted molar refractivity (Wildman–Crippen MR) is 70.9 cm³/mol. The molecule has 1 N–H and O–H groups in total. The Bertz CT molecular complexity index is 394. The number of anilines is 1. The summed E-state index contributed by atoms with van der Waals surface area (Å²) >= 11 is 3.47. The topological polar surface area (TPSA) is 41.1 Å². The summed E-state index contributed by atoms with van der Waals surface area (Å²) in [5, 5.41) is 3.49. The molecule has 1 saturated heterocycles. The zero-order chi connectivity index (χ0) is 11.7. The fraction of sp³-hybridized carbons (Fsp3) is 0.667. The fourth-order valence-electron chi connectivity index (χ4n) is 2.39. The molecular weight excluding hydrogens is 280 g/mol. The molecule has 1 aromatic rings. The lowest BCUT2D eigenvalue weighted by Crippen LogP contribution is -2.28. The van der Waals surface area contributed by atoms with Crippen molar-refractivity contribution in [2.24, 2.45) is 5.92 Å². The summed E-state index contributed by atoms with van der Waals surface area (Å²) in [6.07, 6.45) is 7.46. The third-order valence-electron chi connectivity index (χ3n) is 3.49. The molecular formula is C12H17BrN4. The maximum absolute atomic E-state index is 4.25. The molecule has 0 spiro atoms. The van der Waals surface area contributed by atoms with Crippen molar-refractivity contribution in [3.8, 4) is 0 Å². The zero-order valence-corrected chi connectivity index (χ0v) is 11.4. The average molecular weight is 297 g/mol. The monoisotopic (exact) mass is 296 g/mol. The highest BCUT2D eigenvalue weighted by molar-refractivity contribution is 9.10. The highest BCUT2D eigenvalue weighted by Gasteiger charge is 2.29. The van der Waals surface area contributed by atoms with Crippen LogP contribution in [0.1, 0.15) is 19.3 Å². The first-order valence-electron chi connectivity index (χ1n) is 6.25. The van der Waals surface area contributed by atoms with Crippen LogP contribution in [0.4, 0.5) is 5.82 Å². The Balaban J connectivity index is 1.54. The van der Waals surface area contributed by atoms with Gasteiger partial charge in [-0.2, -0.15) is 0 Å². The molecule has 4 nitrogen and oxygen atoms in total. The van der Waals surface area contributed by atoms with Gasteiger partial charge in [0, 0.05) is 31.9 Å². The smallest absolute Gasteiger partial charge is 0.143 e. The van der Waals surface area contributed by atoms with E-state index in [1.54, 1.807) is 12.5 Å². The summed E-state index contributed by atoms with van der Waals surface area (Å²) in [5.74, 6) is 1.90. The van der Waals surface area contributed by atoms with E-state index < -0.39 is 0 Å². The van der Waals surface area contributed by atoms with Crippen LogP contribution in [0, 0.1) is 5.92 Å². The molecule has 1 atom stereocenters. The molecule has 3 rings (SSSR count). The third-order valence-corrected chi connectivity index (χ3v) is 4.07. The quantitative estimate of drug-likeness (QED) is 0.924. The summed E-state index contributed by atoms with van der Waals surface area (Å²) in [6, 6.07) is 0.528. The first-order chi connectivity index (χ1) is 8.31. The number of likely N-dealkylation sites (tertiary alicyclic amines) is 1. The first kappa shape index (κ1) is 11.4. The Morgan fingerprint density at radius 1 is 1.41 bits per heavy atom. The fourth-order valence-corrected chi connectivity index (χ4v) is 2.73. The van der Waals surface area contributed by atoms with Crippen LogP contribution in [0.15, 0.2) is 17.0 Å². The molecule has 1 aliphatic heterocycles. The van der Waals surface area contributed by atoms with Gasteiger partial charge in [-0.15, -0.1) is 0 Å². The molecule has 0 radical (unpaired) electrons. The van der Waals surface area contributed by atoms with Gasteiger partial charge in [-0.3, -0.25) is 0 Å². The van der Waals surface area contributed by atoms with E-state index in [1.165, 1.54) is 32.4 Å². The van der Waals surface area contributed by atoms with E-state index in [1.807, 2.05) is 0 Å². The van der Waals surface area contributed by atoms with Gasteiger partial charge in [-0.05, 0) is 41.1 Å². The van der Waals surface area contributed by atoms with Crippen molar-refractivity contribution >= 4 is 21.7 Å². The van der Waals surface area contributed by atoms with Gasteiger partial charge in [0.1, 0.15) is 12.1 Å². The maximum atomic E-state index is 4.25. The number of rotatable bonds is 4. The summed E-state index contributed by atoms with van der Waals surface area (Å²) in [5.41, 5.74) is 0. The largest absolute Gasteiger partial charge is 0.365 e. The third kappa shape index (κ3) is 2.96. The molecule has 5 heteroatoms. The molecule has 0 unspecified atom stereocenters. The highest BCUT2D eigenvalue weighted by Crippen LogP contribution is 2.31. The van der Waals surface area contributed by atoms with Crippen molar-refractivity contribution in [1.82, 2.24) is 14.9 Å². The summed E-state index contributed by atoms with van der Waals surface area (Å²) < 4.78 is 0.945. The van der Waals surface area contributed by atoms with Gasteiger partial charge in [0.15, 0.2) is 0 Å². The van der Waals surface area contributed by atoms with E-state index in [0.29, 0.717) is 6.04 Å². The van der Waals surface area contributed by atoms with Crippen molar-refractivity contribution in [1.29, 1.82) is 0 Å². The number of halogens is 1. The van der Waals surface area contributed by atoms with Gasteiger partial charge in [-0.25, -0.2) is 9.97 Å². The Morgan fingerprint density at radius 2 is 2.29 bits per heavy atom. The zero-order valence-electron chi connectivity index (χ0n) is 9.77. The Labute approximate surface area is 110 Å². The van der Waals surface area contributed by atoms with Gasteiger partial charge in [-0.1, -0.05) is 0 Å². The van der Waals surface area contributed by atoms with E-state index in [4.69, 9.17) is 0 Å². The number of nitrogens with zero attached hydrogens (tertiary/aromatic N) is 3. The molecule has 1 saturated carbocycles. The number of hydrogen-bond acceptors (Lipinski definition) is 4. The van der Waals surface area contributed by atoms with Crippen molar-refractivity contribution in [3.63, 3.8) is 0 Å². The van der Waals surface area contributed by atoms with Gasteiger partial charge in [0.05, 0.1) is 4.47 Å². The van der Waals surface area contributed by atoms with Crippen LogP contribution in [-0.2, 0) is 0 Å². The van der Waals surface area contributed by atoms with Crippen LogP contribution in [-0.4, -0.2) is 40.5 Å². The van der Waals surface area contributed by atoms with Crippen molar-refractivity contribution in [3.05, 3.63) is 17.0 Å². The van der Waals surface area contributed by atoms with Crippen molar-refractivity contribution < 1.29 is 0 Å². The number of aromatic nitrogens is 2. The average Bonchev–Trinajstić information content (AvgIpc) is 3.02. The van der Waals surface area contributed by atoms with Crippen LogP contribution in [0.2, 0.25) is 0 Å². The minimum Gasteiger partial charge on any atom is -0.365 e. The molecule has 2 fully saturated rings. The van der Waals surface area contributed by atoms with E-state index in [0.717, 1.165) is 22.8 Å². The molecule has 1 aromatic heterocycles. The second-order valence-corrected chi connectivity index (χ2v) is 5.91. The lowest BCUT2D eigenvalue weighted by molar-refractivity contribution is 0.322. The molecule has 1 aliphatic carbocycles. The second-order valence-electron chi connectivity index (χ2n) is 5.05. The van der Waals surface area contributed by atoms with E-state index in [9.17, 15) is 0 Å². The first-order valence-corrected chi connectivity index (χ1v) is 7.05. The molecule has 0 bridgehead atoms. The van der Waals surface area contributed by atoms with E-state index in [-0.39, 0.29) is 0 Å². The Morgan fingerprint density at radius 3 is 3.06 bits per heavy atom. The second kappa shape index (κ2) is 4.90. The molecule has 0 amide bonds. The summed E-state index contributed by atoms with van der Waals surface area (Å²) in [7, 11) is 0. The Hall–Kier alpha value is -0.680. The standard InChI is InChI=1S/C12H17BrN4/c13-11-5-14-8-15-12(11)16-10-3-4-17(7-10)6-9-1-2-9/h5,8-10H,1-4,6-7H2,(H,14,15,16)/t10-/m1/s1. The minimum absolute atomic E-state index is 0.528. The van der Waals surface area contributed by atoms with Crippen LogP contribution < -0.4 is 5.32 Å². The summed E-state index contributed by atoms with van der Waals surface area (Å²) in [4.78, 5) is 10.8. The number of hydrogen-bond donors (Lipinski definition) is 1. The van der Waals surface area contributed by atoms with Crippen molar-refractivity contribution in [2.75, 3.05) is 25.0 Å². The molecule has 17 heavy (non-hydrogen) atoms. The maximum Gasteiger partial charge on any atom is 0.143 e. The Kier molecular flexibility index (Phi) is 3.29. The molecule has 0 aromatic carbocycles. The van der Waals surface area contributed by atoms with Crippen molar-refractivity contribution in [2.45, 2.75) is 25.3 Å². The van der Waals surface area contributed by atoms with Gasteiger partial charge < -0.3 is 10.2 Å². The molecule has 92 valence electrons. The van der Waals surface area contributed by atoms with Gasteiger partial charge in [0.25, 0.3) is 0 Å². The summed E-state index contributed by atoms with van der Waals surface area (Å²) in [6.45, 7) is 3.66. The van der Waals surface area contributed by atoms with E-state index in [2.05, 4.69) is 36.1 Å². The normalized spacial score (nSPS) is 25.1.